The maximum absolute atomic E-state index is 13.7. The van der Waals surface area contributed by atoms with Gasteiger partial charge >= 0.3 is 5.97 Å². The van der Waals surface area contributed by atoms with Crippen molar-refractivity contribution in [1.29, 1.82) is 0 Å². The van der Waals surface area contributed by atoms with Crippen LogP contribution in [0.25, 0.3) is 6.08 Å². The van der Waals surface area contributed by atoms with Crippen molar-refractivity contribution in [1.82, 2.24) is 5.32 Å². The SMILES string of the molecule is COc1cc(C(CC(=O)NCCc2ccc(O)c(O)c2)c2c(O)cc3c(c2O)C(=O)O[C@@H](C)CCCC(=O)CCC/C=C/3)cc(OC)c1OC. The van der Waals surface area contributed by atoms with Crippen LogP contribution in [-0.4, -0.2) is 72.1 Å². The van der Waals surface area contributed by atoms with Crippen molar-refractivity contribution in [3.63, 3.8) is 0 Å². The number of cyclic esters (lactones) is 1. The molecule has 1 aliphatic heterocycles. The molecule has 0 aromatic heterocycles. The van der Waals surface area contributed by atoms with Crippen LogP contribution in [0, 0.1) is 0 Å². The normalized spacial score (nSPS) is 16.7. The van der Waals surface area contributed by atoms with Gasteiger partial charge < -0.3 is 44.7 Å². The average molecular weight is 692 g/mol. The summed E-state index contributed by atoms with van der Waals surface area (Å²) >= 11 is 0. The molecule has 0 saturated carbocycles. The molecule has 4 rings (SSSR count). The second kappa shape index (κ2) is 17.3. The summed E-state index contributed by atoms with van der Waals surface area (Å²) in [5.41, 5.74) is 1.05. The third kappa shape index (κ3) is 9.19. The number of fused-ring (bicyclic) bond motifs is 1. The highest BCUT2D eigenvalue weighted by atomic mass is 16.5. The van der Waals surface area contributed by atoms with Crippen molar-refractivity contribution in [3.05, 3.63) is 70.3 Å². The van der Waals surface area contributed by atoms with E-state index in [9.17, 15) is 34.8 Å². The highest BCUT2D eigenvalue weighted by Gasteiger charge is 2.32. The summed E-state index contributed by atoms with van der Waals surface area (Å²) in [5, 5.41) is 45.7. The van der Waals surface area contributed by atoms with Crippen molar-refractivity contribution in [3.8, 4) is 40.2 Å². The number of benzene rings is 3. The first-order valence-electron chi connectivity index (χ1n) is 16.5. The molecule has 50 heavy (non-hydrogen) atoms. The molecule has 268 valence electrons. The van der Waals surface area contributed by atoms with Gasteiger partial charge in [0.1, 0.15) is 22.8 Å². The van der Waals surface area contributed by atoms with Crippen molar-refractivity contribution in [2.24, 2.45) is 0 Å². The van der Waals surface area contributed by atoms with Crippen LogP contribution < -0.4 is 19.5 Å². The molecule has 0 bridgehead atoms. The van der Waals surface area contributed by atoms with E-state index in [1.54, 1.807) is 37.3 Å². The molecule has 12 heteroatoms. The van der Waals surface area contributed by atoms with Gasteiger partial charge in [-0.25, -0.2) is 4.79 Å². The second-order valence-electron chi connectivity index (χ2n) is 12.2. The first-order chi connectivity index (χ1) is 24.0. The lowest BCUT2D eigenvalue weighted by Gasteiger charge is -2.24. The number of ketones is 1. The summed E-state index contributed by atoms with van der Waals surface area (Å²) in [6, 6.07) is 8.94. The van der Waals surface area contributed by atoms with E-state index >= 15 is 0 Å². The Labute approximate surface area is 291 Å². The summed E-state index contributed by atoms with van der Waals surface area (Å²) < 4.78 is 22.3. The van der Waals surface area contributed by atoms with Gasteiger partial charge in [-0.1, -0.05) is 18.2 Å². The Morgan fingerprint density at radius 3 is 2.28 bits per heavy atom. The summed E-state index contributed by atoms with van der Waals surface area (Å²) in [4.78, 5) is 39.4. The Balaban J connectivity index is 1.79. The number of amides is 1. The van der Waals surface area contributed by atoms with Gasteiger partial charge in [0.15, 0.2) is 23.0 Å². The van der Waals surface area contributed by atoms with Crippen molar-refractivity contribution < 1.29 is 53.8 Å². The van der Waals surface area contributed by atoms with Crippen LogP contribution in [0.5, 0.6) is 40.2 Å². The maximum atomic E-state index is 13.7. The highest BCUT2D eigenvalue weighted by molar-refractivity contribution is 5.98. The number of Topliss-reactive ketones (excluding diaryl/α,β-unsaturated/α-hetero) is 1. The standard InChI is InChI=1S/C38H45NO11/c1-22-9-8-12-26(40)11-7-5-6-10-24-18-30(43)35(36(45)34(24)38(46)50-22)27(25-19-31(47-2)37(49-4)32(20-25)48-3)21-33(44)39-16-15-23-13-14-28(41)29(42)17-23/h6,10,13-14,17-20,22,27,41-43,45H,5,7-9,11-12,15-16,21H2,1-4H3,(H,39,44)/b10-6+/t22-,27?/m0/s1. The Kier molecular flexibility index (Phi) is 13.0. The van der Waals surface area contributed by atoms with Crippen LogP contribution in [0.2, 0.25) is 0 Å². The molecule has 5 N–H and O–H groups in total. The second-order valence-corrected chi connectivity index (χ2v) is 12.2. The third-order valence-electron chi connectivity index (χ3n) is 8.65. The largest absolute Gasteiger partial charge is 0.507 e. The molecule has 12 nitrogen and oxygen atoms in total. The van der Waals surface area contributed by atoms with E-state index in [1.807, 2.05) is 0 Å². The lowest BCUT2D eigenvalue weighted by Crippen LogP contribution is -2.27. The van der Waals surface area contributed by atoms with E-state index in [-0.39, 0.29) is 64.2 Å². The van der Waals surface area contributed by atoms with Crippen LogP contribution in [0.3, 0.4) is 0 Å². The first-order valence-corrected chi connectivity index (χ1v) is 16.5. The summed E-state index contributed by atoms with van der Waals surface area (Å²) in [6.07, 6.45) is 5.85. The fourth-order valence-electron chi connectivity index (χ4n) is 6.04. The number of rotatable bonds is 10. The molecule has 1 aliphatic rings. The van der Waals surface area contributed by atoms with Gasteiger partial charge in [0.25, 0.3) is 0 Å². The van der Waals surface area contributed by atoms with Gasteiger partial charge in [0.05, 0.1) is 27.4 Å². The molecule has 0 spiro atoms. The topological polar surface area (TPSA) is 181 Å². The van der Waals surface area contributed by atoms with Gasteiger partial charge in [0.2, 0.25) is 11.7 Å². The Hall–Kier alpha value is -5.39. The minimum absolute atomic E-state index is 0.0821. The van der Waals surface area contributed by atoms with Gasteiger partial charge in [-0.05, 0) is 86.1 Å². The monoisotopic (exact) mass is 691 g/mol. The molecule has 3 aromatic carbocycles. The maximum Gasteiger partial charge on any atom is 0.342 e. The van der Waals surface area contributed by atoms with Crippen LogP contribution in [0.1, 0.15) is 90.4 Å². The Bertz CT molecular complexity index is 1710. The van der Waals surface area contributed by atoms with E-state index < -0.39 is 29.6 Å². The number of methoxy groups -OCH3 is 3. The van der Waals surface area contributed by atoms with Crippen LogP contribution in [0.4, 0.5) is 0 Å². The van der Waals surface area contributed by atoms with Crippen molar-refractivity contribution in [2.45, 2.75) is 70.3 Å². The van der Waals surface area contributed by atoms with Gasteiger partial charge in [-0.15, -0.1) is 0 Å². The molecule has 3 aromatic rings. The average Bonchev–Trinajstić information content (AvgIpc) is 3.07. The van der Waals surface area contributed by atoms with Gasteiger partial charge in [-0.3, -0.25) is 9.59 Å². The molecule has 0 aliphatic carbocycles. The Morgan fingerprint density at radius 2 is 1.62 bits per heavy atom. The number of hydrogen-bond donors (Lipinski definition) is 5. The van der Waals surface area contributed by atoms with E-state index in [0.717, 1.165) is 0 Å². The number of phenols is 4. The summed E-state index contributed by atoms with van der Waals surface area (Å²) in [6.45, 7) is 1.89. The molecular weight excluding hydrogens is 646 g/mol. The van der Waals surface area contributed by atoms with Crippen molar-refractivity contribution in [2.75, 3.05) is 27.9 Å². The van der Waals surface area contributed by atoms with Crippen LogP contribution in [-0.2, 0) is 20.7 Å². The zero-order chi connectivity index (χ0) is 36.4. The predicted molar refractivity (Wildman–Crippen MR) is 185 cm³/mol. The molecule has 1 unspecified atom stereocenters. The number of phenolic OH excluding ortho intramolecular Hbond substituents is 4. The number of esters is 1. The molecule has 0 saturated heterocycles. The number of carbonyl (C=O) groups is 3. The molecule has 0 fully saturated rings. The summed E-state index contributed by atoms with van der Waals surface area (Å²) in [7, 11) is 4.32. The number of nitrogens with one attached hydrogen (secondary N) is 1. The van der Waals surface area contributed by atoms with E-state index in [1.165, 1.54) is 39.5 Å². The molecule has 0 radical (unpaired) electrons. The van der Waals surface area contributed by atoms with Crippen molar-refractivity contribution >= 4 is 23.7 Å². The van der Waals surface area contributed by atoms with Gasteiger partial charge in [-0.2, -0.15) is 0 Å². The Morgan fingerprint density at radius 1 is 0.920 bits per heavy atom. The zero-order valence-electron chi connectivity index (χ0n) is 28.8. The molecule has 1 heterocycles. The van der Waals surface area contributed by atoms with E-state index in [0.29, 0.717) is 61.8 Å². The van der Waals surface area contributed by atoms with Crippen LogP contribution in [0.15, 0.2) is 42.5 Å². The molecule has 2 atom stereocenters. The number of aromatic hydroxyl groups is 4. The highest BCUT2D eigenvalue weighted by Crippen LogP contribution is 2.47. The first kappa shape index (κ1) is 37.4. The van der Waals surface area contributed by atoms with Crippen LogP contribution >= 0.6 is 0 Å². The fraction of sp³-hybridized carbons (Fsp3) is 0.395. The lowest BCUT2D eigenvalue weighted by atomic mass is 9.84. The molecule has 1 amide bonds. The third-order valence-corrected chi connectivity index (χ3v) is 8.65. The zero-order valence-corrected chi connectivity index (χ0v) is 28.8. The quantitative estimate of drug-likeness (QED) is 0.126. The van der Waals surface area contributed by atoms with E-state index in [4.69, 9.17) is 18.9 Å². The number of hydrogen-bond acceptors (Lipinski definition) is 11. The fourth-order valence-corrected chi connectivity index (χ4v) is 6.04. The van der Waals surface area contributed by atoms with Gasteiger partial charge in [0, 0.05) is 37.3 Å². The molecular formula is C38H45NO11. The number of allylic oxidation sites excluding steroid dienone is 1. The predicted octanol–water partition coefficient (Wildman–Crippen LogP) is 5.90. The minimum Gasteiger partial charge on any atom is -0.507 e. The van der Waals surface area contributed by atoms with E-state index in [2.05, 4.69) is 5.32 Å². The number of ether oxygens (including phenoxy) is 4. The lowest BCUT2D eigenvalue weighted by molar-refractivity contribution is -0.121. The number of carbonyl (C=O) groups excluding carboxylic acids is 3. The smallest absolute Gasteiger partial charge is 0.342 e. The summed E-state index contributed by atoms with van der Waals surface area (Å²) in [5.74, 6) is -2.75. The minimum atomic E-state index is -1.03.